The fourth-order valence-corrected chi connectivity index (χ4v) is 5.34. The third-order valence-corrected chi connectivity index (χ3v) is 6.17. The van der Waals surface area contributed by atoms with E-state index in [9.17, 15) is 18.0 Å². The Morgan fingerprint density at radius 2 is 1.79 bits per heavy atom. The number of piperazine rings is 1. The molecule has 0 bridgehead atoms. The summed E-state index contributed by atoms with van der Waals surface area (Å²) in [6, 6.07) is 2.09. The molecule has 8 nitrogen and oxygen atoms in total. The Balaban J connectivity index is 1.90. The molecule has 0 N–H and O–H groups in total. The summed E-state index contributed by atoms with van der Waals surface area (Å²) < 4.78 is 24.3. The molecule has 1 aromatic heterocycles. The average molecular weight is 352 g/mol. The molecule has 0 unspecified atom stereocenters. The highest BCUT2D eigenvalue weighted by Crippen LogP contribution is 2.28. The summed E-state index contributed by atoms with van der Waals surface area (Å²) >= 11 is 0. The Labute approximate surface area is 141 Å². The normalized spacial score (nSPS) is 25.2. The number of aromatic nitrogens is 1. The van der Waals surface area contributed by atoms with Crippen molar-refractivity contribution in [3.63, 3.8) is 0 Å². The summed E-state index contributed by atoms with van der Waals surface area (Å²) in [6.07, 6.45) is 3.05. The Morgan fingerprint density at radius 1 is 1.17 bits per heavy atom. The van der Waals surface area contributed by atoms with E-state index in [1.807, 2.05) is 0 Å². The molecule has 3 rings (SSSR count). The molecule has 0 aromatic carbocycles. The largest absolute Gasteiger partial charge is 0.331 e. The van der Waals surface area contributed by atoms with E-state index in [4.69, 9.17) is 0 Å². The zero-order valence-corrected chi connectivity index (χ0v) is 14.4. The maximum absolute atomic E-state index is 12.7. The number of pyridine rings is 1. The van der Waals surface area contributed by atoms with E-state index in [2.05, 4.69) is 4.98 Å². The quantitative estimate of drug-likeness (QED) is 0.691. The van der Waals surface area contributed by atoms with Gasteiger partial charge in [-0.1, -0.05) is 0 Å². The SMILES string of the molecule is CN(C)C(=O)N1CCN(C(=O)c2cccnc2)[C@H]2CS(=O)(=O)C[C@H]21. The number of sulfone groups is 1. The van der Waals surface area contributed by atoms with Crippen LogP contribution < -0.4 is 0 Å². The van der Waals surface area contributed by atoms with E-state index in [1.54, 1.807) is 42.2 Å². The smallest absolute Gasteiger partial charge is 0.319 e. The monoisotopic (exact) mass is 352 g/mol. The fourth-order valence-electron chi connectivity index (χ4n) is 3.35. The predicted molar refractivity (Wildman–Crippen MR) is 87.3 cm³/mol. The van der Waals surface area contributed by atoms with Crippen LogP contribution in [0.2, 0.25) is 0 Å². The van der Waals surface area contributed by atoms with E-state index < -0.39 is 21.9 Å². The van der Waals surface area contributed by atoms with Crippen LogP contribution in [-0.2, 0) is 9.84 Å². The lowest BCUT2D eigenvalue weighted by Gasteiger charge is -2.44. The fraction of sp³-hybridized carbons (Fsp3) is 0.533. The number of fused-ring (bicyclic) bond motifs is 1. The minimum atomic E-state index is -3.29. The second-order valence-electron chi connectivity index (χ2n) is 6.32. The number of hydrogen-bond acceptors (Lipinski definition) is 5. The Hall–Kier alpha value is -2.16. The molecule has 9 heteroatoms. The van der Waals surface area contributed by atoms with Crippen LogP contribution in [0.4, 0.5) is 4.79 Å². The molecule has 3 amide bonds. The second kappa shape index (κ2) is 6.04. The Morgan fingerprint density at radius 3 is 2.38 bits per heavy atom. The number of hydrogen-bond donors (Lipinski definition) is 0. The van der Waals surface area contributed by atoms with Gasteiger partial charge in [0, 0.05) is 39.6 Å². The molecule has 2 aliphatic heterocycles. The van der Waals surface area contributed by atoms with Crippen LogP contribution in [0.25, 0.3) is 0 Å². The van der Waals surface area contributed by atoms with Crippen molar-refractivity contribution in [2.45, 2.75) is 12.1 Å². The van der Waals surface area contributed by atoms with Gasteiger partial charge in [0.05, 0.1) is 29.2 Å². The third kappa shape index (κ3) is 2.95. The van der Waals surface area contributed by atoms with Gasteiger partial charge in [-0.3, -0.25) is 9.78 Å². The summed E-state index contributed by atoms with van der Waals surface area (Å²) in [5, 5.41) is 0. The number of nitrogens with zero attached hydrogens (tertiary/aromatic N) is 4. The van der Waals surface area contributed by atoms with E-state index >= 15 is 0 Å². The van der Waals surface area contributed by atoms with Gasteiger partial charge in [-0.2, -0.15) is 0 Å². The molecule has 0 spiro atoms. The highest BCUT2D eigenvalue weighted by Gasteiger charge is 2.49. The van der Waals surface area contributed by atoms with Gasteiger partial charge in [-0.15, -0.1) is 0 Å². The van der Waals surface area contributed by atoms with Crippen molar-refractivity contribution in [3.8, 4) is 0 Å². The first-order chi connectivity index (χ1) is 11.3. The maximum atomic E-state index is 12.7. The van der Waals surface area contributed by atoms with Crippen LogP contribution in [0.1, 0.15) is 10.4 Å². The third-order valence-electron chi connectivity index (χ3n) is 4.47. The zero-order valence-electron chi connectivity index (χ0n) is 13.6. The van der Waals surface area contributed by atoms with Crippen LogP contribution in [0.15, 0.2) is 24.5 Å². The number of rotatable bonds is 1. The highest BCUT2D eigenvalue weighted by molar-refractivity contribution is 7.91. The summed E-state index contributed by atoms with van der Waals surface area (Å²) in [6.45, 7) is 0.629. The van der Waals surface area contributed by atoms with Gasteiger partial charge in [-0.05, 0) is 12.1 Å². The molecule has 0 saturated carbocycles. The van der Waals surface area contributed by atoms with Gasteiger partial charge < -0.3 is 14.7 Å². The molecule has 0 radical (unpaired) electrons. The van der Waals surface area contributed by atoms with Crippen LogP contribution in [0.5, 0.6) is 0 Å². The predicted octanol–water partition coefficient (Wildman–Crippen LogP) is -0.313. The molecule has 2 fully saturated rings. The van der Waals surface area contributed by atoms with Crippen molar-refractivity contribution >= 4 is 21.8 Å². The lowest BCUT2D eigenvalue weighted by Crippen LogP contribution is -2.63. The van der Waals surface area contributed by atoms with Gasteiger partial charge in [0.2, 0.25) is 0 Å². The van der Waals surface area contributed by atoms with Crippen molar-refractivity contribution in [2.75, 3.05) is 38.7 Å². The van der Waals surface area contributed by atoms with E-state index in [1.165, 1.54) is 11.1 Å². The van der Waals surface area contributed by atoms with Crippen molar-refractivity contribution in [3.05, 3.63) is 30.1 Å². The minimum absolute atomic E-state index is 0.103. The molecule has 130 valence electrons. The topological polar surface area (TPSA) is 90.9 Å². The molecule has 1 aromatic rings. The molecular weight excluding hydrogens is 332 g/mol. The minimum Gasteiger partial charge on any atom is -0.331 e. The highest BCUT2D eigenvalue weighted by atomic mass is 32.2. The van der Waals surface area contributed by atoms with E-state index in [0.29, 0.717) is 18.7 Å². The first-order valence-corrected chi connectivity index (χ1v) is 9.51. The standard InChI is InChI=1S/C15H20N4O4S/c1-17(2)15(21)19-7-6-18(12-9-24(22,23)10-13(12)19)14(20)11-4-3-5-16-8-11/h3-5,8,12-13H,6-7,9-10H2,1-2H3/t12-,13+/m0/s1. The van der Waals surface area contributed by atoms with Gasteiger partial charge in [0.15, 0.2) is 9.84 Å². The molecule has 2 aliphatic rings. The van der Waals surface area contributed by atoms with Crippen molar-refractivity contribution in [2.24, 2.45) is 0 Å². The lowest BCUT2D eigenvalue weighted by atomic mass is 10.0. The summed E-state index contributed by atoms with van der Waals surface area (Å²) in [5.74, 6) is -0.457. The number of amides is 3. The lowest BCUT2D eigenvalue weighted by molar-refractivity contribution is 0.0393. The van der Waals surface area contributed by atoms with Crippen molar-refractivity contribution < 1.29 is 18.0 Å². The van der Waals surface area contributed by atoms with Crippen LogP contribution in [-0.4, -0.2) is 90.8 Å². The molecule has 3 heterocycles. The number of carbonyl (C=O) groups excluding carboxylic acids is 2. The first kappa shape index (κ1) is 16.7. The van der Waals surface area contributed by atoms with Gasteiger partial charge >= 0.3 is 6.03 Å². The molecule has 2 atom stereocenters. The number of urea groups is 1. The molecule has 2 saturated heterocycles. The average Bonchev–Trinajstić information content (AvgIpc) is 2.88. The van der Waals surface area contributed by atoms with Crippen molar-refractivity contribution in [1.29, 1.82) is 0 Å². The van der Waals surface area contributed by atoms with E-state index in [-0.39, 0.29) is 23.4 Å². The second-order valence-corrected chi connectivity index (χ2v) is 8.48. The maximum Gasteiger partial charge on any atom is 0.319 e. The van der Waals surface area contributed by atoms with Crippen LogP contribution >= 0.6 is 0 Å². The summed E-state index contributed by atoms with van der Waals surface area (Å²) in [7, 11) is -0.0257. The van der Waals surface area contributed by atoms with Crippen LogP contribution in [0.3, 0.4) is 0 Å². The summed E-state index contributed by atoms with van der Waals surface area (Å²) in [4.78, 5) is 33.6. The van der Waals surface area contributed by atoms with Gasteiger partial charge in [0.1, 0.15) is 0 Å². The van der Waals surface area contributed by atoms with Crippen LogP contribution in [0, 0.1) is 0 Å². The first-order valence-electron chi connectivity index (χ1n) is 7.69. The Bertz CT molecular complexity index is 750. The molecule has 0 aliphatic carbocycles. The summed E-state index contributed by atoms with van der Waals surface area (Å²) in [5.41, 5.74) is 0.424. The van der Waals surface area contributed by atoms with Crippen molar-refractivity contribution in [1.82, 2.24) is 19.7 Å². The molecular formula is C15H20N4O4S. The van der Waals surface area contributed by atoms with E-state index in [0.717, 1.165) is 0 Å². The van der Waals surface area contributed by atoms with Gasteiger partial charge in [0.25, 0.3) is 5.91 Å². The molecule has 24 heavy (non-hydrogen) atoms. The number of carbonyl (C=O) groups is 2. The Kier molecular flexibility index (Phi) is 4.20. The van der Waals surface area contributed by atoms with Gasteiger partial charge in [-0.25, -0.2) is 13.2 Å². The zero-order chi connectivity index (χ0) is 17.5.